The number of benzene rings is 1. The third-order valence-electron chi connectivity index (χ3n) is 3.51. The molecular weight excluding hydrogens is 350 g/mol. The van der Waals surface area contributed by atoms with E-state index in [4.69, 9.17) is 0 Å². The highest BCUT2D eigenvalue weighted by Crippen LogP contribution is 2.47. The van der Waals surface area contributed by atoms with Crippen LogP contribution in [0.5, 0.6) is 0 Å². The Balaban J connectivity index is 2.20. The quantitative estimate of drug-likeness (QED) is 0.831. The van der Waals surface area contributed by atoms with Crippen molar-refractivity contribution in [1.82, 2.24) is 10.4 Å². The molecule has 0 amide bonds. The fourth-order valence-corrected chi connectivity index (χ4v) is 2.32. The van der Waals surface area contributed by atoms with Gasteiger partial charge in [-0.1, -0.05) is 18.2 Å². The summed E-state index contributed by atoms with van der Waals surface area (Å²) in [5.41, 5.74) is -2.86. The SMILES string of the molecule is FC(F)(F)C1(C(F)(F)F)N=C(c2cccnc2)N(c2ccccc2)N1. The summed E-state index contributed by atoms with van der Waals surface area (Å²) in [5, 5.41) is 0.665. The molecule has 4 nitrogen and oxygen atoms in total. The van der Waals surface area contributed by atoms with Crippen molar-refractivity contribution in [2.45, 2.75) is 18.0 Å². The average molecular weight is 360 g/mol. The summed E-state index contributed by atoms with van der Waals surface area (Å²) in [6.07, 6.45) is -8.93. The van der Waals surface area contributed by atoms with Gasteiger partial charge >= 0.3 is 18.0 Å². The molecule has 1 aliphatic rings. The van der Waals surface area contributed by atoms with Crippen molar-refractivity contribution in [3.8, 4) is 0 Å². The highest BCUT2D eigenvalue weighted by Gasteiger charge is 2.75. The molecule has 0 unspecified atom stereocenters. The molecule has 2 heterocycles. The zero-order chi connectivity index (χ0) is 18.3. The highest BCUT2D eigenvalue weighted by atomic mass is 19.4. The number of halogens is 6. The topological polar surface area (TPSA) is 40.5 Å². The van der Waals surface area contributed by atoms with Crippen LogP contribution in [-0.4, -0.2) is 28.8 Å². The van der Waals surface area contributed by atoms with Gasteiger partial charge in [-0.25, -0.2) is 4.99 Å². The molecule has 0 bridgehead atoms. The summed E-state index contributed by atoms with van der Waals surface area (Å²) in [5.74, 6) is -0.533. The van der Waals surface area contributed by atoms with Gasteiger partial charge in [-0.15, -0.1) is 0 Å². The van der Waals surface area contributed by atoms with E-state index in [1.807, 2.05) is 0 Å². The number of aliphatic imine (C=N–C) groups is 1. The lowest BCUT2D eigenvalue weighted by Crippen LogP contribution is -2.65. The van der Waals surface area contributed by atoms with E-state index in [1.54, 1.807) is 6.07 Å². The number of aromatic nitrogens is 1. The fraction of sp³-hybridized carbons (Fsp3) is 0.200. The van der Waals surface area contributed by atoms with Crippen molar-refractivity contribution in [1.29, 1.82) is 0 Å². The van der Waals surface area contributed by atoms with Gasteiger partial charge in [-0.05, 0) is 24.3 Å². The monoisotopic (exact) mass is 360 g/mol. The number of anilines is 1. The molecule has 0 saturated carbocycles. The van der Waals surface area contributed by atoms with Crippen LogP contribution in [0.15, 0.2) is 59.9 Å². The van der Waals surface area contributed by atoms with Crippen molar-refractivity contribution in [2.75, 3.05) is 5.01 Å². The Kier molecular flexibility index (Phi) is 3.94. The summed E-state index contributed by atoms with van der Waals surface area (Å²) < 4.78 is 80.1. The van der Waals surface area contributed by atoms with Crippen molar-refractivity contribution < 1.29 is 26.3 Å². The fourth-order valence-electron chi connectivity index (χ4n) is 2.32. The lowest BCUT2D eigenvalue weighted by molar-refractivity contribution is -0.302. The predicted molar refractivity (Wildman–Crippen MR) is 77.7 cm³/mol. The number of hydrogen-bond acceptors (Lipinski definition) is 4. The number of rotatable bonds is 2. The van der Waals surface area contributed by atoms with Gasteiger partial charge in [0.1, 0.15) is 0 Å². The molecule has 25 heavy (non-hydrogen) atoms. The van der Waals surface area contributed by atoms with Crippen LogP contribution in [-0.2, 0) is 0 Å². The summed E-state index contributed by atoms with van der Waals surface area (Å²) in [4.78, 5) is 6.76. The first-order valence-electron chi connectivity index (χ1n) is 6.92. The number of pyridine rings is 1. The Morgan fingerprint density at radius 3 is 2.04 bits per heavy atom. The smallest absolute Gasteiger partial charge is 0.264 e. The van der Waals surface area contributed by atoms with Crippen molar-refractivity contribution in [2.24, 2.45) is 4.99 Å². The van der Waals surface area contributed by atoms with Gasteiger partial charge < -0.3 is 0 Å². The van der Waals surface area contributed by atoms with Crippen LogP contribution in [0.3, 0.4) is 0 Å². The van der Waals surface area contributed by atoms with Crippen molar-refractivity contribution >= 4 is 11.5 Å². The number of amidine groups is 1. The molecule has 0 atom stereocenters. The van der Waals surface area contributed by atoms with Crippen LogP contribution in [0.1, 0.15) is 5.56 Å². The second-order valence-electron chi connectivity index (χ2n) is 5.17. The van der Waals surface area contributed by atoms with Gasteiger partial charge in [-0.3, -0.25) is 9.99 Å². The molecular formula is C15H10F6N4. The van der Waals surface area contributed by atoms with Crippen LogP contribution in [0, 0.1) is 0 Å². The molecule has 0 aliphatic carbocycles. The third kappa shape index (κ3) is 2.82. The summed E-state index contributed by atoms with van der Waals surface area (Å²) in [6.45, 7) is 0. The number of hydrazine groups is 1. The molecule has 132 valence electrons. The normalized spacial score (nSPS) is 17.5. The molecule has 1 aliphatic heterocycles. The van der Waals surface area contributed by atoms with Gasteiger partial charge in [0.15, 0.2) is 5.84 Å². The van der Waals surface area contributed by atoms with Crippen LogP contribution in [0.25, 0.3) is 0 Å². The second-order valence-corrected chi connectivity index (χ2v) is 5.17. The van der Waals surface area contributed by atoms with Gasteiger partial charge in [0.2, 0.25) is 0 Å². The van der Waals surface area contributed by atoms with E-state index >= 15 is 0 Å². The van der Waals surface area contributed by atoms with E-state index < -0.39 is 23.9 Å². The Morgan fingerprint density at radius 1 is 0.880 bits per heavy atom. The van der Waals surface area contributed by atoms with Gasteiger partial charge in [0.05, 0.1) is 5.69 Å². The van der Waals surface area contributed by atoms with Crippen LogP contribution in [0.2, 0.25) is 0 Å². The average Bonchev–Trinajstić information content (AvgIpc) is 2.98. The molecule has 2 aromatic rings. The van der Waals surface area contributed by atoms with Crippen molar-refractivity contribution in [3.05, 3.63) is 60.4 Å². The molecule has 1 aromatic carbocycles. The van der Waals surface area contributed by atoms with Crippen molar-refractivity contribution in [3.63, 3.8) is 0 Å². The van der Waals surface area contributed by atoms with E-state index in [0.717, 1.165) is 6.20 Å². The molecule has 1 aromatic heterocycles. The minimum atomic E-state index is -5.71. The number of hydrogen-bond donors (Lipinski definition) is 1. The molecule has 1 N–H and O–H groups in total. The molecule has 10 heteroatoms. The highest BCUT2D eigenvalue weighted by molar-refractivity contribution is 6.10. The third-order valence-corrected chi connectivity index (χ3v) is 3.51. The van der Waals surface area contributed by atoms with Crippen LogP contribution >= 0.6 is 0 Å². The zero-order valence-electron chi connectivity index (χ0n) is 12.3. The first-order valence-corrected chi connectivity index (χ1v) is 6.92. The van der Waals surface area contributed by atoms with E-state index in [9.17, 15) is 26.3 Å². The first kappa shape index (κ1) is 17.2. The largest absolute Gasteiger partial charge is 0.438 e. The summed E-state index contributed by atoms with van der Waals surface area (Å²) in [6, 6.07) is 10.00. The first-order chi connectivity index (χ1) is 11.7. The van der Waals surface area contributed by atoms with E-state index in [1.165, 1.54) is 48.0 Å². The Hall–Kier alpha value is -2.62. The second kappa shape index (κ2) is 5.73. The minimum absolute atomic E-state index is 0.00854. The van der Waals surface area contributed by atoms with Crippen LogP contribution in [0.4, 0.5) is 32.0 Å². The molecule has 0 spiro atoms. The summed E-state index contributed by atoms with van der Waals surface area (Å²) in [7, 11) is 0. The van der Waals surface area contributed by atoms with Crippen LogP contribution < -0.4 is 10.4 Å². The standard InChI is InChI=1S/C15H10F6N4/c16-14(17,18)13(15(19,20)21)23-12(10-5-4-8-22-9-10)25(24-13)11-6-2-1-3-7-11/h1-9,24H. The number of nitrogens with zero attached hydrogens (tertiary/aromatic N) is 3. The zero-order valence-corrected chi connectivity index (χ0v) is 12.3. The van der Waals surface area contributed by atoms with E-state index in [2.05, 4.69) is 9.98 Å². The lowest BCUT2D eigenvalue weighted by Gasteiger charge is -2.32. The predicted octanol–water partition coefficient (Wildman–Crippen LogP) is 3.67. The maximum absolute atomic E-state index is 13.4. The maximum Gasteiger partial charge on any atom is 0.438 e. The lowest BCUT2D eigenvalue weighted by atomic mass is 10.1. The van der Waals surface area contributed by atoms with E-state index in [0.29, 0.717) is 5.01 Å². The Bertz CT molecular complexity index is 756. The molecule has 0 fully saturated rings. The van der Waals surface area contributed by atoms with E-state index in [-0.39, 0.29) is 11.3 Å². The summed E-state index contributed by atoms with van der Waals surface area (Å²) >= 11 is 0. The van der Waals surface area contributed by atoms with Gasteiger partial charge in [-0.2, -0.15) is 31.8 Å². The van der Waals surface area contributed by atoms with Gasteiger partial charge in [0.25, 0.3) is 0 Å². The minimum Gasteiger partial charge on any atom is -0.264 e. The Morgan fingerprint density at radius 2 is 1.52 bits per heavy atom. The number of nitrogens with one attached hydrogen (secondary N) is 1. The maximum atomic E-state index is 13.4. The van der Waals surface area contributed by atoms with Gasteiger partial charge in [0, 0.05) is 18.0 Å². The molecule has 0 saturated heterocycles. The number of para-hydroxylation sites is 1. The number of alkyl halides is 6. The Labute approximate surface area is 137 Å². The molecule has 0 radical (unpaired) electrons. The molecule has 3 rings (SSSR count).